The minimum Gasteiger partial charge on any atom is -0.233 e. The average Bonchev–Trinajstić information content (AvgIpc) is 1.79. The predicted octanol–water partition coefficient (Wildman–Crippen LogP) is 2.20. The number of hydrogen-bond donors (Lipinski definition) is 0. The molecular formula is C5H3F4NO. The van der Waals surface area contributed by atoms with Gasteiger partial charge in [0.1, 0.15) is 0 Å². The summed E-state index contributed by atoms with van der Waals surface area (Å²) in [5, 5.41) is 0. The minimum atomic E-state index is -5.06. The molecule has 0 radical (unpaired) electrons. The van der Waals surface area contributed by atoms with Gasteiger partial charge in [0.25, 0.3) is 0 Å². The zero-order chi connectivity index (χ0) is 9.07. The van der Waals surface area contributed by atoms with Gasteiger partial charge in [-0.2, -0.15) is 4.90 Å². The average molecular weight is 169 g/mol. The first kappa shape index (κ1) is 9.71. The molecule has 0 fully saturated rings. The van der Waals surface area contributed by atoms with E-state index in [0.717, 1.165) is 0 Å². The van der Waals surface area contributed by atoms with E-state index in [2.05, 4.69) is 6.58 Å². The van der Waals surface area contributed by atoms with Crippen LogP contribution in [0.5, 0.6) is 0 Å². The molecule has 0 spiro atoms. The number of carbonyl (C=O) groups excluding carboxylic acids is 1. The number of amides is 1. The van der Waals surface area contributed by atoms with E-state index >= 15 is 0 Å². The molecule has 0 aromatic carbocycles. The van der Waals surface area contributed by atoms with Gasteiger partial charge in [-0.25, -0.2) is 4.79 Å². The second-order valence-corrected chi connectivity index (χ2v) is 1.42. The molecule has 0 aromatic heterocycles. The van der Waals surface area contributed by atoms with Crippen LogP contribution in [0, 0.1) is 0 Å². The molecule has 2 nitrogen and oxygen atoms in total. The van der Waals surface area contributed by atoms with Crippen molar-refractivity contribution in [2.24, 2.45) is 0 Å². The predicted molar refractivity (Wildman–Crippen MR) is 28.1 cm³/mol. The van der Waals surface area contributed by atoms with Gasteiger partial charge in [-0.3, -0.25) is 0 Å². The zero-order valence-electron chi connectivity index (χ0n) is 5.15. The van der Waals surface area contributed by atoms with E-state index in [-0.39, 0.29) is 6.20 Å². The molecule has 0 heterocycles. The van der Waals surface area contributed by atoms with E-state index in [9.17, 15) is 22.4 Å². The molecule has 0 aliphatic carbocycles. The van der Waals surface area contributed by atoms with Gasteiger partial charge in [-0.1, -0.05) is 6.58 Å². The van der Waals surface area contributed by atoms with Crippen LogP contribution in [0.15, 0.2) is 18.5 Å². The molecule has 0 N–H and O–H groups in total. The molecule has 0 saturated carbocycles. The van der Waals surface area contributed by atoms with E-state index in [4.69, 9.17) is 0 Å². The Labute approximate surface area is 59.4 Å². The SMILES string of the molecule is C=C=CN(C(=O)F)C(F)(F)F. The Kier molecular flexibility index (Phi) is 2.83. The Morgan fingerprint density at radius 1 is 1.55 bits per heavy atom. The third kappa shape index (κ3) is 2.86. The lowest BCUT2D eigenvalue weighted by Gasteiger charge is -2.15. The Bertz CT molecular complexity index is 201. The monoisotopic (exact) mass is 169 g/mol. The highest BCUT2D eigenvalue weighted by molar-refractivity contribution is 5.67. The summed E-state index contributed by atoms with van der Waals surface area (Å²) < 4.78 is 46.1. The van der Waals surface area contributed by atoms with E-state index in [1.54, 1.807) is 5.73 Å². The van der Waals surface area contributed by atoms with Gasteiger partial charge < -0.3 is 0 Å². The normalized spacial score (nSPS) is 10.2. The number of nitrogens with zero attached hydrogens (tertiary/aromatic N) is 1. The summed E-state index contributed by atoms with van der Waals surface area (Å²) >= 11 is 0. The van der Waals surface area contributed by atoms with Crippen LogP contribution < -0.4 is 0 Å². The summed E-state index contributed by atoms with van der Waals surface area (Å²) in [5.41, 5.74) is 1.63. The van der Waals surface area contributed by atoms with E-state index in [1.807, 2.05) is 0 Å². The van der Waals surface area contributed by atoms with Crippen LogP contribution in [0.4, 0.5) is 22.4 Å². The van der Waals surface area contributed by atoms with Crippen molar-refractivity contribution in [1.29, 1.82) is 0 Å². The molecule has 1 amide bonds. The van der Waals surface area contributed by atoms with Crippen molar-refractivity contribution in [2.75, 3.05) is 0 Å². The molecule has 0 atom stereocenters. The molecule has 11 heavy (non-hydrogen) atoms. The van der Waals surface area contributed by atoms with Gasteiger partial charge in [0.15, 0.2) is 0 Å². The topological polar surface area (TPSA) is 20.3 Å². The van der Waals surface area contributed by atoms with Crippen molar-refractivity contribution in [2.45, 2.75) is 6.30 Å². The van der Waals surface area contributed by atoms with Crippen LogP contribution in [-0.2, 0) is 0 Å². The van der Waals surface area contributed by atoms with Crippen LogP contribution in [0.25, 0.3) is 0 Å². The van der Waals surface area contributed by atoms with E-state index in [1.165, 1.54) is 0 Å². The molecular weight excluding hydrogens is 166 g/mol. The smallest absolute Gasteiger partial charge is 0.233 e. The van der Waals surface area contributed by atoms with Gasteiger partial charge in [-0.05, 0) is 0 Å². The minimum absolute atomic E-state index is 0.0718. The number of carbonyl (C=O) groups is 1. The van der Waals surface area contributed by atoms with Crippen LogP contribution in [0.2, 0.25) is 0 Å². The second kappa shape index (κ2) is 3.21. The molecule has 0 aliphatic heterocycles. The van der Waals surface area contributed by atoms with Crippen LogP contribution in [0.3, 0.4) is 0 Å². The standard InChI is InChI=1S/C5H3F4NO/c1-2-3-10(4(6)11)5(7,8)9/h3H,1H2. The fourth-order valence-corrected chi connectivity index (χ4v) is 0.315. The van der Waals surface area contributed by atoms with E-state index < -0.39 is 17.4 Å². The van der Waals surface area contributed by atoms with Crippen molar-refractivity contribution in [3.63, 3.8) is 0 Å². The van der Waals surface area contributed by atoms with Gasteiger partial charge in [0.05, 0.1) is 6.20 Å². The Morgan fingerprint density at radius 3 is 2.09 bits per heavy atom. The molecule has 0 unspecified atom stereocenters. The first-order chi connectivity index (χ1) is 4.89. The van der Waals surface area contributed by atoms with Crippen molar-refractivity contribution < 1.29 is 22.4 Å². The molecule has 0 aliphatic rings. The molecule has 0 bridgehead atoms. The third-order valence-corrected chi connectivity index (χ3v) is 0.683. The van der Waals surface area contributed by atoms with Crippen LogP contribution >= 0.6 is 0 Å². The van der Waals surface area contributed by atoms with Crippen LogP contribution in [0.1, 0.15) is 0 Å². The first-order valence-electron chi connectivity index (χ1n) is 2.31. The van der Waals surface area contributed by atoms with E-state index in [0.29, 0.717) is 0 Å². The summed E-state index contributed by atoms with van der Waals surface area (Å²) in [6.45, 7) is 2.76. The lowest BCUT2D eigenvalue weighted by atomic mass is 10.7. The number of hydrogen-bond acceptors (Lipinski definition) is 1. The summed E-state index contributed by atoms with van der Waals surface area (Å²) in [4.78, 5) is 8.55. The first-order valence-corrected chi connectivity index (χ1v) is 2.31. The Morgan fingerprint density at radius 2 is 2.00 bits per heavy atom. The number of alkyl halides is 3. The number of rotatable bonds is 1. The van der Waals surface area contributed by atoms with Gasteiger partial charge in [-0.15, -0.1) is 23.3 Å². The Balaban J connectivity index is 4.61. The van der Waals surface area contributed by atoms with Crippen molar-refractivity contribution >= 4 is 6.16 Å². The van der Waals surface area contributed by atoms with Gasteiger partial charge in [0.2, 0.25) is 0 Å². The zero-order valence-corrected chi connectivity index (χ0v) is 5.15. The highest BCUT2D eigenvalue weighted by atomic mass is 19.4. The lowest BCUT2D eigenvalue weighted by molar-refractivity contribution is -0.209. The largest absolute Gasteiger partial charge is 0.493 e. The van der Waals surface area contributed by atoms with Crippen molar-refractivity contribution in [3.8, 4) is 0 Å². The molecule has 6 heteroatoms. The molecule has 62 valence electrons. The highest BCUT2D eigenvalue weighted by Gasteiger charge is 2.40. The molecule has 0 aromatic rings. The summed E-state index contributed by atoms with van der Waals surface area (Å²) in [6.07, 6.45) is -7.60. The van der Waals surface area contributed by atoms with Crippen molar-refractivity contribution in [3.05, 3.63) is 18.5 Å². The second-order valence-electron chi connectivity index (χ2n) is 1.42. The maximum atomic E-state index is 11.5. The maximum Gasteiger partial charge on any atom is 0.493 e. The van der Waals surface area contributed by atoms with Crippen molar-refractivity contribution in [1.82, 2.24) is 4.90 Å². The molecule has 0 saturated heterocycles. The summed E-state index contributed by atoms with van der Waals surface area (Å²) in [5.74, 6) is 0. The summed E-state index contributed by atoms with van der Waals surface area (Å²) in [7, 11) is 0. The third-order valence-electron chi connectivity index (χ3n) is 0.683. The van der Waals surface area contributed by atoms with Gasteiger partial charge in [0, 0.05) is 0 Å². The summed E-state index contributed by atoms with van der Waals surface area (Å²) in [6, 6.07) is 0. The fourth-order valence-electron chi connectivity index (χ4n) is 0.315. The van der Waals surface area contributed by atoms with Crippen LogP contribution in [-0.4, -0.2) is 17.4 Å². The fraction of sp³-hybridized carbons (Fsp3) is 0.200. The maximum absolute atomic E-state index is 11.5. The molecule has 0 rings (SSSR count). The lowest BCUT2D eigenvalue weighted by Crippen LogP contribution is -2.35. The quantitative estimate of drug-likeness (QED) is 0.255. The highest BCUT2D eigenvalue weighted by Crippen LogP contribution is 2.21. The Hall–Kier alpha value is -1.29. The van der Waals surface area contributed by atoms with Gasteiger partial charge >= 0.3 is 12.5 Å². The number of halogens is 4.